The second-order valence-corrected chi connectivity index (χ2v) is 4.28. The van der Waals surface area contributed by atoms with E-state index >= 15 is 0 Å². The number of fused-ring (bicyclic) bond motifs is 1. The molecule has 4 N–H and O–H groups in total. The number of anilines is 2. The van der Waals surface area contributed by atoms with Crippen molar-refractivity contribution in [2.24, 2.45) is 0 Å². The normalized spacial score (nSPS) is 10.5. The van der Waals surface area contributed by atoms with E-state index in [0.717, 1.165) is 33.4 Å². The summed E-state index contributed by atoms with van der Waals surface area (Å²) in [6, 6.07) is 13.6. The summed E-state index contributed by atoms with van der Waals surface area (Å²) in [7, 11) is 0. The van der Waals surface area contributed by atoms with Gasteiger partial charge in [-0.15, -0.1) is 0 Å². The van der Waals surface area contributed by atoms with E-state index in [0.29, 0.717) is 6.41 Å². The first-order valence-electron chi connectivity index (χ1n) is 5.96. The van der Waals surface area contributed by atoms with Gasteiger partial charge in [-0.2, -0.15) is 0 Å². The molecule has 1 heterocycles. The van der Waals surface area contributed by atoms with Crippen LogP contribution in [0.3, 0.4) is 0 Å². The van der Waals surface area contributed by atoms with Crippen LogP contribution in [0.2, 0.25) is 0 Å². The average Bonchev–Trinajstić information content (AvgIpc) is 2.90. The van der Waals surface area contributed by atoms with E-state index in [4.69, 9.17) is 5.73 Å². The first kappa shape index (κ1) is 11.3. The number of amides is 1. The van der Waals surface area contributed by atoms with Crippen LogP contribution in [0, 0.1) is 0 Å². The number of H-pyrrole nitrogens is 1. The van der Waals surface area contributed by atoms with E-state index in [9.17, 15) is 4.79 Å². The van der Waals surface area contributed by atoms with Crippen molar-refractivity contribution in [3.63, 3.8) is 0 Å². The molecule has 4 heteroatoms. The number of aromatic amines is 1. The van der Waals surface area contributed by atoms with Gasteiger partial charge in [0.15, 0.2) is 0 Å². The van der Waals surface area contributed by atoms with Crippen LogP contribution in [0.4, 0.5) is 11.4 Å². The van der Waals surface area contributed by atoms with Crippen LogP contribution in [-0.2, 0) is 4.79 Å². The predicted molar refractivity (Wildman–Crippen MR) is 77.8 cm³/mol. The Morgan fingerprint density at radius 1 is 1.05 bits per heavy atom. The lowest BCUT2D eigenvalue weighted by Crippen LogP contribution is -1.96. The third kappa shape index (κ3) is 1.83. The number of nitrogen functional groups attached to an aromatic ring is 1. The maximum atomic E-state index is 10.6. The Kier molecular flexibility index (Phi) is 2.68. The van der Waals surface area contributed by atoms with E-state index in [1.54, 1.807) is 0 Å². The van der Waals surface area contributed by atoms with Crippen LogP contribution < -0.4 is 11.1 Å². The molecule has 0 fully saturated rings. The molecule has 0 bridgehead atoms. The van der Waals surface area contributed by atoms with Crippen LogP contribution in [0.5, 0.6) is 0 Å². The fraction of sp³-hybridized carbons (Fsp3) is 0. The standard InChI is InChI=1S/C15H13N3O/c16-13-4-2-1-3-11(13)10-5-6-14(18-9-19)15-12(10)7-8-17-15/h1-9,17H,16H2,(H,18,19). The summed E-state index contributed by atoms with van der Waals surface area (Å²) in [6.45, 7) is 0. The van der Waals surface area contributed by atoms with E-state index in [-0.39, 0.29) is 0 Å². The number of rotatable bonds is 3. The smallest absolute Gasteiger partial charge is 0.211 e. The molecular formula is C15H13N3O. The molecule has 0 aliphatic heterocycles. The van der Waals surface area contributed by atoms with Gasteiger partial charge in [-0.25, -0.2) is 0 Å². The number of hydrogen-bond acceptors (Lipinski definition) is 2. The summed E-state index contributed by atoms with van der Waals surface area (Å²) in [5.74, 6) is 0. The summed E-state index contributed by atoms with van der Waals surface area (Å²) >= 11 is 0. The first-order chi connectivity index (χ1) is 9.31. The van der Waals surface area contributed by atoms with Crippen molar-refractivity contribution in [3.8, 4) is 11.1 Å². The summed E-state index contributed by atoms with van der Waals surface area (Å²) in [6.07, 6.45) is 2.52. The number of hydrogen-bond donors (Lipinski definition) is 3. The average molecular weight is 251 g/mol. The number of nitrogens with one attached hydrogen (secondary N) is 2. The second kappa shape index (κ2) is 4.49. The molecule has 3 aromatic rings. The van der Waals surface area contributed by atoms with Crippen molar-refractivity contribution in [1.29, 1.82) is 0 Å². The van der Waals surface area contributed by atoms with Crippen LogP contribution >= 0.6 is 0 Å². The number of para-hydroxylation sites is 1. The molecule has 0 spiro atoms. The van der Waals surface area contributed by atoms with Crippen molar-refractivity contribution >= 4 is 28.7 Å². The van der Waals surface area contributed by atoms with Crippen molar-refractivity contribution in [2.45, 2.75) is 0 Å². The quantitative estimate of drug-likeness (QED) is 0.494. The van der Waals surface area contributed by atoms with Crippen LogP contribution in [-0.4, -0.2) is 11.4 Å². The number of benzene rings is 2. The largest absolute Gasteiger partial charge is 0.398 e. The SMILES string of the molecule is Nc1ccccc1-c1ccc(NC=O)c2[nH]ccc12. The molecule has 2 aromatic carbocycles. The van der Waals surface area contributed by atoms with Gasteiger partial charge in [0, 0.05) is 22.8 Å². The lowest BCUT2D eigenvalue weighted by atomic mass is 9.99. The second-order valence-electron chi connectivity index (χ2n) is 4.28. The minimum atomic E-state index is 0.673. The molecule has 4 nitrogen and oxygen atoms in total. The summed E-state index contributed by atoms with van der Waals surface area (Å²) in [5.41, 5.74) is 10.5. The van der Waals surface area contributed by atoms with Gasteiger partial charge >= 0.3 is 0 Å². The fourth-order valence-corrected chi connectivity index (χ4v) is 2.32. The van der Waals surface area contributed by atoms with Gasteiger partial charge in [0.05, 0.1) is 11.2 Å². The Balaban J connectivity index is 2.26. The van der Waals surface area contributed by atoms with Gasteiger partial charge in [0.1, 0.15) is 0 Å². The molecule has 0 saturated carbocycles. The zero-order valence-electron chi connectivity index (χ0n) is 10.2. The summed E-state index contributed by atoms with van der Waals surface area (Å²) in [4.78, 5) is 13.7. The zero-order valence-corrected chi connectivity index (χ0v) is 10.2. The van der Waals surface area contributed by atoms with Crippen LogP contribution in [0.25, 0.3) is 22.0 Å². The minimum absolute atomic E-state index is 0.673. The van der Waals surface area contributed by atoms with Crippen LogP contribution in [0.15, 0.2) is 48.7 Å². The molecule has 0 unspecified atom stereocenters. The predicted octanol–water partition coefficient (Wildman–Crippen LogP) is 2.99. The van der Waals surface area contributed by atoms with Gasteiger partial charge < -0.3 is 16.0 Å². The van der Waals surface area contributed by atoms with E-state index in [1.165, 1.54) is 0 Å². The molecule has 1 amide bonds. The van der Waals surface area contributed by atoms with Gasteiger partial charge in [0.2, 0.25) is 6.41 Å². The highest BCUT2D eigenvalue weighted by Gasteiger charge is 2.10. The molecule has 0 aliphatic carbocycles. The monoisotopic (exact) mass is 251 g/mol. The third-order valence-electron chi connectivity index (χ3n) is 3.19. The molecule has 19 heavy (non-hydrogen) atoms. The number of nitrogens with two attached hydrogens (primary N) is 1. The molecule has 94 valence electrons. The highest BCUT2D eigenvalue weighted by Crippen LogP contribution is 2.34. The lowest BCUT2D eigenvalue weighted by Gasteiger charge is -2.09. The Bertz CT molecular complexity index is 746. The molecule has 0 aliphatic rings. The molecular weight excluding hydrogens is 238 g/mol. The maximum Gasteiger partial charge on any atom is 0.211 e. The zero-order chi connectivity index (χ0) is 13.2. The number of carbonyl (C=O) groups excluding carboxylic acids is 1. The number of carbonyl (C=O) groups is 1. The van der Waals surface area contributed by atoms with Crippen molar-refractivity contribution < 1.29 is 4.79 Å². The summed E-state index contributed by atoms with van der Waals surface area (Å²) < 4.78 is 0. The highest BCUT2D eigenvalue weighted by atomic mass is 16.1. The van der Waals surface area contributed by atoms with Gasteiger partial charge in [-0.05, 0) is 23.8 Å². The van der Waals surface area contributed by atoms with Gasteiger partial charge in [0.25, 0.3) is 0 Å². The van der Waals surface area contributed by atoms with Crippen LogP contribution in [0.1, 0.15) is 0 Å². The number of aromatic nitrogens is 1. The Morgan fingerprint density at radius 3 is 2.68 bits per heavy atom. The molecule has 1 aromatic heterocycles. The minimum Gasteiger partial charge on any atom is -0.398 e. The van der Waals surface area contributed by atoms with Crippen molar-refractivity contribution in [2.75, 3.05) is 11.1 Å². The Hall–Kier alpha value is -2.75. The van der Waals surface area contributed by atoms with E-state index < -0.39 is 0 Å². The lowest BCUT2D eigenvalue weighted by molar-refractivity contribution is -0.105. The Morgan fingerprint density at radius 2 is 1.89 bits per heavy atom. The van der Waals surface area contributed by atoms with E-state index in [2.05, 4.69) is 10.3 Å². The molecule has 3 rings (SSSR count). The molecule has 0 saturated heterocycles. The van der Waals surface area contributed by atoms with Gasteiger partial charge in [-0.3, -0.25) is 4.79 Å². The first-order valence-corrected chi connectivity index (χ1v) is 5.96. The summed E-state index contributed by atoms with van der Waals surface area (Å²) in [5, 5.41) is 3.72. The Labute approximate surface area is 110 Å². The van der Waals surface area contributed by atoms with Gasteiger partial charge in [-0.1, -0.05) is 24.3 Å². The fourth-order valence-electron chi connectivity index (χ4n) is 2.32. The molecule has 0 radical (unpaired) electrons. The van der Waals surface area contributed by atoms with Crippen molar-refractivity contribution in [3.05, 3.63) is 48.7 Å². The van der Waals surface area contributed by atoms with E-state index in [1.807, 2.05) is 48.7 Å². The topological polar surface area (TPSA) is 70.9 Å². The van der Waals surface area contributed by atoms with Crippen molar-refractivity contribution in [1.82, 2.24) is 4.98 Å². The highest BCUT2D eigenvalue weighted by molar-refractivity contribution is 6.04. The maximum absolute atomic E-state index is 10.6. The molecule has 0 atom stereocenters. The third-order valence-corrected chi connectivity index (χ3v) is 3.19.